The normalized spacial score (nSPS) is 10.8. The van der Waals surface area contributed by atoms with Crippen molar-refractivity contribution in [2.24, 2.45) is 0 Å². The molecule has 25 heavy (non-hydrogen) atoms. The molecule has 0 aliphatic rings. The van der Waals surface area contributed by atoms with Crippen LogP contribution in [0.4, 0.5) is 5.69 Å². The molecule has 2 aromatic carbocycles. The molecule has 2 rings (SSSR count). The van der Waals surface area contributed by atoms with Crippen LogP contribution in [-0.2, 0) is 5.41 Å². The summed E-state index contributed by atoms with van der Waals surface area (Å²) < 4.78 is 5.92. The van der Waals surface area contributed by atoms with Crippen molar-refractivity contribution in [2.45, 2.75) is 32.6 Å². The first-order chi connectivity index (χ1) is 11.9. The van der Waals surface area contributed by atoms with E-state index in [1.165, 1.54) is 5.56 Å². The Bertz CT molecular complexity index is 706. The molecule has 3 nitrogen and oxygen atoms in total. The summed E-state index contributed by atoms with van der Waals surface area (Å²) in [6, 6.07) is 16.0. The monoisotopic (exact) mass is 354 g/mol. The fourth-order valence-electron chi connectivity index (χ4n) is 2.26. The molecule has 2 N–H and O–H groups in total. The lowest BCUT2D eigenvalue weighted by atomic mass is 9.82. The molecule has 0 fully saturated rings. The average molecular weight is 355 g/mol. The second kappa shape index (κ2) is 8.67. The number of nitrogens with one attached hydrogen (secondary N) is 2. The zero-order valence-corrected chi connectivity index (χ0v) is 16.0. The molecule has 4 heteroatoms. The number of anilines is 1. The summed E-state index contributed by atoms with van der Waals surface area (Å²) in [7, 11) is 0. The van der Waals surface area contributed by atoms with Gasteiger partial charge in [-0.1, -0.05) is 39.0 Å². The Kier molecular flexibility index (Phi) is 6.59. The second-order valence-electron chi connectivity index (χ2n) is 6.51. The molecule has 0 aliphatic heterocycles. The maximum absolute atomic E-state index is 5.92. The summed E-state index contributed by atoms with van der Waals surface area (Å²) in [6.45, 7) is 11.0. The first-order valence-corrected chi connectivity index (χ1v) is 8.89. The maximum atomic E-state index is 5.92. The SMILES string of the molecule is C=CCNC(=S)Nc1ccc(Oc2ccc(C(C)(C)CC)cc2)cc1. The molecule has 132 valence electrons. The summed E-state index contributed by atoms with van der Waals surface area (Å²) in [4.78, 5) is 0. The molecule has 0 atom stereocenters. The van der Waals surface area contributed by atoms with Crippen LogP contribution in [-0.4, -0.2) is 11.7 Å². The number of rotatable bonds is 7. The van der Waals surface area contributed by atoms with Crippen molar-refractivity contribution < 1.29 is 4.74 Å². The molecular formula is C21H26N2OS. The van der Waals surface area contributed by atoms with E-state index in [4.69, 9.17) is 17.0 Å². The number of benzene rings is 2. The maximum Gasteiger partial charge on any atom is 0.171 e. The highest BCUT2D eigenvalue weighted by Crippen LogP contribution is 2.29. The van der Waals surface area contributed by atoms with Gasteiger partial charge in [-0.25, -0.2) is 0 Å². The lowest BCUT2D eigenvalue weighted by Crippen LogP contribution is -2.28. The summed E-state index contributed by atoms with van der Waals surface area (Å²) in [5.41, 5.74) is 2.42. The molecule has 0 radical (unpaired) electrons. The van der Waals surface area contributed by atoms with E-state index in [9.17, 15) is 0 Å². The quantitative estimate of drug-likeness (QED) is 0.498. The van der Waals surface area contributed by atoms with E-state index in [1.807, 2.05) is 36.4 Å². The van der Waals surface area contributed by atoms with Gasteiger partial charge in [-0.2, -0.15) is 0 Å². The Morgan fingerprint density at radius 3 is 2.16 bits per heavy atom. The van der Waals surface area contributed by atoms with Crippen molar-refractivity contribution in [3.63, 3.8) is 0 Å². The van der Waals surface area contributed by atoms with Crippen LogP contribution in [0.2, 0.25) is 0 Å². The fraction of sp³-hybridized carbons (Fsp3) is 0.286. The Labute approximate surface area is 156 Å². The third-order valence-electron chi connectivity index (χ3n) is 4.27. The van der Waals surface area contributed by atoms with Crippen molar-refractivity contribution >= 4 is 23.0 Å². The zero-order chi connectivity index (χ0) is 18.3. The van der Waals surface area contributed by atoms with E-state index in [1.54, 1.807) is 6.08 Å². The van der Waals surface area contributed by atoms with Gasteiger partial charge in [-0.3, -0.25) is 0 Å². The number of hydrogen-bond donors (Lipinski definition) is 2. The van der Waals surface area contributed by atoms with Gasteiger partial charge in [0.15, 0.2) is 5.11 Å². The van der Waals surface area contributed by atoms with Crippen LogP contribution < -0.4 is 15.4 Å². The predicted molar refractivity (Wildman–Crippen MR) is 111 cm³/mol. The van der Waals surface area contributed by atoms with E-state index in [2.05, 4.69) is 50.1 Å². The number of hydrogen-bond acceptors (Lipinski definition) is 2. The van der Waals surface area contributed by atoms with Crippen LogP contribution in [0.1, 0.15) is 32.8 Å². The molecule has 0 unspecified atom stereocenters. The highest BCUT2D eigenvalue weighted by Gasteiger charge is 2.17. The van der Waals surface area contributed by atoms with Crippen LogP contribution >= 0.6 is 12.2 Å². The molecule has 0 heterocycles. The molecule has 0 spiro atoms. The number of ether oxygens (including phenoxy) is 1. The minimum atomic E-state index is 0.184. The van der Waals surface area contributed by atoms with Gasteiger partial charge in [0.2, 0.25) is 0 Å². The largest absolute Gasteiger partial charge is 0.457 e. The van der Waals surface area contributed by atoms with Gasteiger partial charge in [0, 0.05) is 12.2 Å². The predicted octanol–water partition coefficient (Wildman–Crippen LogP) is 5.64. The van der Waals surface area contributed by atoms with Gasteiger partial charge in [0.05, 0.1) is 0 Å². The third kappa shape index (κ3) is 5.61. The molecule has 0 aromatic heterocycles. The van der Waals surface area contributed by atoms with Gasteiger partial charge in [0.25, 0.3) is 0 Å². The van der Waals surface area contributed by atoms with Crippen LogP contribution in [0, 0.1) is 0 Å². The summed E-state index contributed by atoms with van der Waals surface area (Å²) in [5, 5.41) is 6.72. The minimum absolute atomic E-state index is 0.184. The van der Waals surface area contributed by atoms with Gasteiger partial charge in [-0.15, -0.1) is 6.58 Å². The smallest absolute Gasteiger partial charge is 0.171 e. The van der Waals surface area contributed by atoms with E-state index in [-0.39, 0.29) is 5.41 Å². The van der Waals surface area contributed by atoms with Crippen molar-refractivity contribution in [2.75, 3.05) is 11.9 Å². The van der Waals surface area contributed by atoms with Crippen molar-refractivity contribution in [1.29, 1.82) is 0 Å². The summed E-state index contributed by atoms with van der Waals surface area (Å²) in [6.07, 6.45) is 2.86. The topological polar surface area (TPSA) is 33.3 Å². The molecule has 0 bridgehead atoms. The van der Waals surface area contributed by atoms with Crippen molar-refractivity contribution in [1.82, 2.24) is 5.32 Å². The van der Waals surface area contributed by atoms with E-state index >= 15 is 0 Å². The first kappa shape index (κ1) is 19.0. The molecule has 0 saturated heterocycles. The molecule has 0 amide bonds. The van der Waals surface area contributed by atoms with E-state index in [0.717, 1.165) is 23.6 Å². The van der Waals surface area contributed by atoms with Gasteiger partial charge >= 0.3 is 0 Å². The standard InChI is InChI=1S/C21H26N2OS/c1-5-15-22-20(25)23-17-9-13-19(14-10-17)24-18-11-7-16(8-12-18)21(3,4)6-2/h5,7-14H,1,6,15H2,2-4H3,(H2,22,23,25). The lowest BCUT2D eigenvalue weighted by molar-refractivity contribution is 0.478. The highest BCUT2D eigenvalue weighted by atomic mass is 32.1. The van der Waals surface area contributed by atoms with E-state index < -0.39 is 0 Å². The van der Waals surface area contributed by atoms with Crippen molar-refractivity contribution in [3.05, 3.63) is 66.7 Å². The van der Waals surface area contributed by atoms with Crippen LogP contribution in [0.5, 0.6) is 11.5 Å². The Morgan fingerprint density at radius 1 is 1.08 bits per heavy atom. The summed E-state index contributed by atoms with van der Waals surface area (Å²) >= 11 is 5.19. The molecule has 0 saturated carbocycles. The van der Waals surface area contributed by atoms with Crippen LogP contribution in [0.25, 0.3) is 0 Å². The van der Waals surface area contributed by atoms with Gasteiger partial charge in [0.1, 0.15) is 11.5 Å². The highest BCUT2D eigenvalue weighted by molar-refractivity contribution is 7.80. The molecule has 0 aliphatic carbocycles. The Balaban J connectivity index is 1.97. The molecule has 2 aromatic rings. The lowest BCUT2D eigenvalue weighted by Gasteiger charge is -2.23. The first-order valence-electron chi connectivity index (χ1n) is 8.49. The van der Waals surface area contributed by atoms with Crippen LogP contribution in [0.15, 0.2) is 61.2 Å². The minimum Gasteiger partial charge on any atom is -0.457 e. The van der Waals surface area contributed by atoms with E-state index in [0.29, 0.717) is 11.7 Å². The summed E-state index contributed by atoms with van der Waals surface area (Å²) in [5.74, 6) is 1.62. The average Bonchev–Trinajstić information content (AvgIpc) is 2.62. The fourth-order valence-corrected chi connectivity index (χ4v) is 2.46. The number of thiocarbonyl (C=S) groups is 1. The Hall–Kier alpha value is -2.33. The van der Waals surface area contributed by atoms with Gasteiger partial charge in [-0.05, 0) is 66.0 Å². The van der Waals surface area contributed by atoms with Crippen LogP contribution in [0.3, 0.4) is 0 Å². The van der Waals surface area contributed by atoms with Gasteiger partial charge < -0.3 is 15.4 Å². The van der Waals surface area contributed by atoms with Crippen molar-refractivity contribution in [3.8, 4) is 11.5 Å². The zero-order valence-electron chi connectivity index (χ0n) is 15.1. The Morgan fingerprint density at radius 2 is 1.64 bits per heavy atom. The molecular weight excluding hydrogens is 328 g/mol. The third-order valence-corrected chi connectivity index (χ3v) is 4.52. The second-order valence-corrected chi connectivity index (χ2v) is 6.92.